The Balaban J connectivity index is 1.80. The SMILES string of the molecule is N#CCCCCNCc1ccc(-c2ccc(F)cc2)s1. The number of halogens is 1. The summed E-state index contributed by atoms with van der Waals surface area (Å²) in [5.74, 6) is -0.204. The third-order valence-electron chi connectivity index (χ3n) is 2.98. The highest BCUT2D eigenvalue weighted by Crippen LogP contribution is 2.28. The van der Waals surface area contributed by atoms with E-state index in [4.69, 9.17) is 5.26 Å². The Morgan fingerprint density at radius 3 is 2.65 bits per heavy atom. The van der Waals surface area contributed by atoms with Gasteiger partial charge in [0.25, 0.3) is 0 Å². The van der Waals surface area contributed by atoms with Crippen molar-refractivity contribution in [1.29, 1.82) is 5.26 Å². The van der Waals surface area contributed by atoms with Gasteiger partial charge in [-0.25, -0.2) is 4.39 Å². The number of nitrogens with zero attached hydrogens (tertiary/aromatic N) is 1. The van der Waals surface area contributed by atoms with Gasteiger partial charge in [-0.2, -0.15) is 5.26 Å². The first-order valence-corrected chi connectivity index (χ1v) is 7.53. The summed E-state index contributed by atoms with van der Waals surface area (Å²) in [6, 6.07) is 12.9. The summed E-state index contributed by atoms with van der Waals surface area (Å²) in [6.45, 7) is 1.78. The first kappa shape index (κ1) is 14.7. The van der Waals surface area contributed by atoms with Crippen LogP contribution in [0.25, 0.3) is 10.4 Å². The highest BCUT2D eigenvalue weighted by atomic mass is 32.1. The van der Waals surface area contributed by atoms with E-state index < -0.39 is 0 Å². The molecular weight excluding hydrogens is 271 g/mol. The van der Waals surface area contributed by atoms with Gasteiger partial charge in [0.15, 0.2) is 0 Å². The summed E-state index contributed by atoms with van der Waals surface area (Å²) in [5, 5.41) is 11.8. The van der Waals surface area contributed by atoms with E-state index in [0.717, 1.165) is 36.4 Å². The van der Waals surface area contributed by atoms with E-state index >= 15 is 0 Å². The van der Waals surface area contributed by atoms with Crippen LogP contribution in [0.2, 0.25) is 0 Å². The van der Waals surface area contributed by atoms with Crippen LogP contribution in [0.4, 0.5) is 4.39 Å². The average molecular weight is 288 g/mol. The smallest absolute Gasteiger partial charge is 0.123 e. The minimum atomic E-state index is -0.204. The maximum Gasteiger partial charge on any atom is 0.123 e. The first-order valence-electron chi connectivity index (χ1n) is 6.72. The van der Waals surface area contributed by atoms with Gasteiger partial charge >= 0.3 is 0 Å². The highest BCUT2D eigenvalue weighted by Gasteiger charge is 2.03. The molecule has 0 spiro atoms. The van der Waals surface area contributed by atoms with E-state index in [0.29, 0.717) is 6.42 Å². The van der Waals surface area contributed by atoms with E-state index in [2.05, 4.69) is 23.5 Å². The molecule has 2 rings (SSSR count). The second-order valence-electron chi connectivity index (χ2n) is 4.56. The monoisotopic (exact) mass is 288 g/mol. The van der Waals surface area contributed by atoms with Crippen molar-refractivity contribution in [3.8, 4) is 16.5 Å². The molecule has 104 valence electrons. The molecule has 0 fully saturated rings. The molecule has 0 aliphatic carbocycles. The Hall–Kier alpha value is -1.70. The number of hydrogen-bond acceptors (Lipinski definition) is 3. The van der Waals surface area contributed by atoms with Crippen LogP contribution in [-0.4, -0.2) is 6.54 Å². The Morgan fingerprint density at radius 1 is 1.10 bits per heavy atom. The lowest BCUT2D eigenvalue weighted by Gasteiger charge is -2.01. The Labute approximate surface area is 122 Å². The molecule has 4 heteroatoms. The van der Waals surface area contributed by atoms with E-state index in [1.807, 2.05) is 0 Å². The Kier molecular flexibility index (Phi) is 5.72. The van der Waals surface area contributed by atoms with Crippen molar-refractivity contribution in [2.75, 3.05) is 6.54 Å². The van der Waals surface area contributed by atoms with Crippen LogP contribution >= 0.6 is 11.3 Å². The van der Waals surface area contributed by atoms with Gasteiger partial charge in [0, 0.05) is 22.7 Å². The van der Waals surface area contributed by atoms with Crippen molar-refractivity contribution in [1.82, 2.24) is 5.32 Å². The molecule has 2 aromatic rings. The molecule has 0 saturated carbocycles. The van der Waals surface area contributed by atoms with Crippen LogP contribution in [0.3, 0.4) is 0 Å². The number of rotatable bonds is 7. The third kappa shape index (κ3) is 4.44. The van der Waals surface area contributed by atoms with E-state index in [1.165, 1.54) is 17.0 Å². The normalized spacial score (nSPS) is 10.4. The van der Waals surface area contributed by atoms with Crippen molar-refractivity contribution in [2.45, 2.75) is 25.8 Å². The molecule has 0 radical (unpaired) electrons. The predicted octanol–water partition coefficient (Wildman–Crippen LogP) is 4.34. The number of nitrogens with one attached hydrogen (secondary N) is 1. The highest BCUT2D eigenvalue weighted by molar-refractivity contribution is 7.15. The summed E-state index contributed by atoms with van der Waals surface area (Å²) >= 11 is 1.72. The average Bonchev–Trinajstić information content (AvgIpc) is 2.92. The van der Waals surface area contributed by atoms with Crippen molar-refractivity contribution in [2.24, 2.45) is 0 Å². The van der Waals surface area contributed by atoms with E-state index in [1.54, 1.807) is 23.5 Å². The molecule has 1 heterocycles. The standard InChI is InChI=1S/C16H17FN2S/c17-14-6-4-13(5-7-14)16-9-8-15(20-16)12-19-11-3-1-2-10-18/h4-9,19H,1-3,11-12H2. The van der Waals surface area contributed by atoms with Crippen LogP contribution in [0, 0.1) is 17.1 Å². The maximum absolute atomic E-state index is 12.9. The molecule has 1 aromatic carbocycles. The molecule has 0 atom stereocenters. The van der Waals surface area contributed by atoms with E-state index in [9.17, 15) is 4.39 Å². The van der Waals surface area contributed by atoms with Crippen molar-refractivity contribution in [3.05, 3.63) is 47.1 Å². The predicted molar refractivity (Wildman–Crippen MR) is 80.9 cm³/mol. The lowest BCUT2D eigenvalue weighted by Crippen LogP contribution is -2.13. The van der Waals surface area contributed by atoms with Gasteiger partial charge in [0.05, 0.1) is 6.07 Å². The number of hydrogen-bond donors (Lipinski definition) is 1. The first-order chi connectivity index (χ1) is 9.79. The largest absolute Gasteiger partial charge is 0.312 e. The summed E-state index contributed by atoms with van der Waals surface area (Å²) < 4.78 is 12.9. The zero-order valence-electron chi connectivity index (χ0n) is 11.2. The molecule has 1 N–H and O–H groups in total. The summed E-state index contributed by atoms with van der Waals surface area (Å²) in [7, 11) is 0. The minimum Gasteiger partial charge on any atom is -0.312 e. The Bertz CT molecular complexity index is 569. The van der Waals surface area contributed by atoms with Crippen LogP contribution < -0.4 is 5.32 Å². The molecule has 0 unspecified atom stereocenters. The topological polar surface area (TPSA) is 35.8 Å². The van der Waals surface area contributed by atoms with Gasteiger partial charge in [0.1, 0.15) is 5.82 Å². The summed E-state index contributed by atoms with van der Waals surface area (Å²) in [5.41, 5.74) is 1.05. The zero-order valence-corrected chi connectivity index (χ0v) is 12.0. The molecule has 1 aromatic heterocycles. The molecule has 2 nitrogen and oxygen atoms in total. The zero-order chi connectivity index (χ0) is 14.2. The number of nitriles is 1. The second-order valence-corrected chi connectivity index (χ2v) is 5.73. The molecule has 0 aliphatic heterocycles. The fourth-order valence-electron chi connectivity index (χ4n) is 1.91. The van der Waals surface area contributed by atoms with Crippen LogP contribution in [0.5, 0.6) is 0 Å². The quantitative estimate of drug-likeness (QED) is 0.769. The van der Waals surface area contributed by atoms with Crippen LogP contribution in [0.1, 0.15) is 24.1 Å². The van der Waals surface area contributed by atoms with Gasteiger partial charge in [0.2, 0.25) is 0 Å². The molecule has 0 saturated heterocycles. The van der Waals surface area contributed by atoms with Crippen molar-refractivity contribution < 1.29 is 4.39 Å². The Morgan fingerprint density at radius 2 is 1.90 bits per heavy atom. The second kappa shape index (κ2) is 7.78. The maximum atomic E-state index is 12.9. The fraction of sp³-hybridized carbons (Fsp3) is 0.312. The van der Waals surface area contributed by atoms with E-state index in [-0.39, 0.29) is 5.82 Å². The summed E-state index contributed by atoms with van der Waals surface area (Å²) in [6.07, 6.45) is 2.62. The number of benzene rings is 1. The molecular formula is C16H17FN2S. The fourth-order valence-corrected chi connectivity index (χ4v) is 2.89. The van der Waals surface area contributed by atoms with Gasteiger partial charge in [-0.1, -0.05) is 12.1 Å². The van der Waals surface area contributed by atoms with Gasteiger partial charge in [-0.15, -0.1) is 11.3 Å². The van der Waals surface area contributed by atoms with Crippen molar-refractivity contribution >= 4 is 11.3 Å². The van der Waals surface area contributed by atoms with Gasteiger partial charge in [-0.05, 0) is 49.2 Å². The molecule has 0 amide bonds. The summed E-state index contributed by atoms with van der Waals surface area (Å²) in [4.78, 5) is 2.43. The minimum absolute atomic E-state index is 0.204. The van der Waals surface area contributed by atoms with Crippen LogP contribution in [0.15, 0.2) is 36.4 Å². The molecule has 20 heavy (non-hydrogen) atoms. The van der Waals surface area contributed by atoms with Crippen LogP contribution in [-0.2, 0) is 6.54 Å². The number of unbranched alkanes of at least 4 members (excludes halogenated alkanes) is 2. The van der Waals surface area contributed by atoms with Gasteiger partial charge in [-0.3, -0.25) is 0 Å². The van der Waals surface area contributed by atoms with Gasteiger partial charge < -0.3 is 5.32 Å². The lowest BCUT2D eigenvalue weighted by atomic mass is 10.2. The molecule has 0 aliphatic rings. The third-order valence-corrected chi connectivity index (χ3v) is 4.12. The van der Waals surface area contributed by atoms with Crippen molar-refractivity contribution in [3.63, 3.8) is 0 Å². The number of thiophene rings is 1. The lowest BCUT2D eigenvalue weighted by molar-refractivity contribution is 0.628. The molecule has 0 bridgehead atoms.